The number of rotatable bonds is 4. The van der Waals surface area contributed by atoms with Crippen molar-refractivity contribution in [3.05, 3.63) is 28.9 Å². The van der Waals surface area contributed by atoms with Crippen molar-refractivity contribution < 1.29 is 22.0 Å². The molecular formula is C12H10ClF5N4. The minimum Gasteiger partial charge on any atom is -0.382 e. The van der Waals surface area contributed by atoms with Crippen molar-refractivity contribution >= 4 is 28.3 Å². The summed E-state index contributed by atoms with van der Waals surface area (Å²) in [6.45, 7) is -0.777. The van der Waals surface area contributed by atoms with Crippen molar-refractivity contribution in [2.45, 2.75) is 18.5 Å². The van der Waals surface area contributed by atoms with Crippen molar-refractivity contribution in [2.75, 3.05) is 6.54 Å². The lowest BCUT2D eigenvalue weighted by Crippen LogP contribution is -2.37. The zero-order chi connectivity index (χ0) is 16.5. The molecule has 2 rings (SSSR count). The maximum Gasteiger partial charge on any atom is 0.453 e. The number of aliphatic imine (C=N–C) groups is 1. The number of halogens is 6. The highest BCUT2D eigenvalue weighted by Gasteiger charge is 2.56. The van der Waals surface area contributed by atoms with Crippen molar-refractivity contribution in [2.24, 2.45) is 10.7 Å². The van der Waals surface area contributed by atoms with E-state index >= 15 is 0 Å². The molecule has 0 aliphatic carbocycles. The standard InChI is InChI=1S/C12H10ClF5N4/c13-6-1-2-7-8(5-6)21-22-9(7)10(19)20-4-3-11(14,15)12(16,17)18/h1-2,5H,3-4H2,(H2,19,20)(H,21,22). The maximum atomic E-state index is 12.7. The predicted octanol–water partition coefficient (Wildman–Crippen LogP) is 3.51. The number of nitrogens with zero attached hydrogens (tertiary/aromatic N) is 2. The molecule has 0 atom stereocenters. The first kappa shape index (κ1) is 16.5. The Balaban J connectivity index is 2.15. The number of amidine groups is 1. The van der Waals surface area contributed by atoms with Gasteiger partial charge in [0.05, 0.1) is 5.52 Å². The van der Waals surface area contributed by atoms with Gasteiger partial charge in [-0.25, -0.2) is 0 Å². The van der Waals surface area contributed by atoms with E-state index in [2.05, 4.69) is 15.2 Å². The number of hydrogen-bond acceptors (Lipinski definition) is 2. The molecule has 22 heavy (non-hydrogen) atoms. The van der Waals surface area contributed by atoms with E-state index in [4.69, 9.17) is 17.3 Å². The summed E-state index contributed by atoms with van der Waals surface area (Å²) in [7, 11) is 0. The van der Waals surface area contributed by atoms with Crippen molar-refractivity contribution in [3.63, 3.8) is 0 Å². The third-order valence-corrected chi connectivity index (χ3v) is 3.13. The Kier molecular flexibility index (Phi) is 4.28. The number of hydrogen-bond donors (Lipinski definition) is 2. The molecule has 0 bridgehead atoms. The largest absolute Gasteiger partial charge is 0.453 e. The van der Waals surface area contributed by atoms with Crippen LogP contribution in [0.15, 0.2) is 23.2 Å². The summed E-state index contributed by atoms with van der Waals surface area (Å²) in [5, 5.41) is 7.45. The van der Waals surface area contributed by atoms with Crippen LogP contribution in [0.25, 0.3) is 10.9 Å². The number of benzene rings is 1. The van der Waals surface area contributed by atoms with Gasteiger partial charge in [-0.15, -0.1) is 0 Å². The molecule has 120 valence electrons. The fraction of sp³-hybridized carbons (Fsp3) is 0.333. The molecule has 1 aromatic carbocycles. The highest BCUT2D eigenvalue weighted by molar-refractivity contribution is 6.31. The van der Waals surface area contributed by atoms with E-state index in [1.807, 2.05) is 0 Å². The summed E-state index contributed by atoms with van der Waals surface area (Å²) in [5.74, 6) is -5.04. The van der Waals surface area contributed by atoms with E-state index in [1.165, 1.54) is 0 Å². The number of fused-ring (bicyclic) bond motifs is 1. The van der Waals surface area contributed by atoms with Crippen LogP contribution in [0.4, 0.5) is 22.0 Å². The third kappa shape index (κ3) is 3.29. The zero-order valence-electron chi connectivity index (χ0n) is 10.9. The first-order valence-corrected chi connectivity index (χ1v) is 6.38. The first-order chi connectivity index (χ1) is 10.1. The van der Waals surface area contributed by atoms with Gasteiger partial charge in [0, 0.05) is 23.4 Å². The Morgan fingerprint density at radius 1 is 1.27 bits per heavy atom. The fourth-order valence-corrected chi connectivity index (χ4v) is 1.89. The lowest BCUT2D eigenvalue weighted by molar-refractivity contribution is -0.283. The SMILES string of the molecule is NC(=NCCC(F)(F)C(F)(F)F)c1n[nH]c2cc(Cl)ccc12. The summed E-state index contributed by atoms with van der Waals surface area (Å²) in [6.07, 6.45) is -7.08. The highest BCUT2D eigenvalue weighted by atomic mass is 35.5. The molecule has 4 nitrogen and oxygen atoms in total. The van der Waals surface area contributed by atoms with Crippen LogP contribution in [-0.4, -0.2) is 34.7 Å². The molecule has 10 heteroatoms. The number of aromatic amines is 1. The lowest BCUT2D eigenvalue weighted by Gasteiger charge is -2.18. The molecule has 1 aromatic heterocycles. The number of nitrogens with one attached hydrogen (secondary N) is 1. The minimum absolute atomic E-state index is 0.169. The summed E-state index contributed by atoms with van der Waals surface area (Å²) in [4.78, 5) is 3.54. The van der Waals surface area contributed by atoms with Crippen molar-refractivity contribution in [1.29, 1.82) is 0 Å². The van der Waals surface area contributed by atoms with Crippen molar-refractivity contribution in [3.8, 4) is 0 Å². The number of alkyl halides is 5. The third-order valence-electron chi connectivity index (χ3n) is 2.89. The average molecular weight is 341 g/mol. The van der Waals surface area contributed by atoms with Crippen LogP contribution in [-0.2, 0) is 0 Å². The Labute approximate surface area is 126 Å². The van der Waals surface area contributed by atoms with Crippen LogP contribution >= 0.6 is 11.6 Å². The van der Waals surface area contributed by atoms with Crippen LogP contribution in [0.5, 0.6) is 0 Å². The molecule has 0 saturated heterocycles. The van der Waals surface area contributed by atoms with Crippen LogP contribution in [0.1, 0.15) is 12.1 Å². The topological polar surface area (TPSA) is 67.1 Å². The van der Waals surface area contributed by atoms with Gasteiger partial charge in [-0.1, -0.05) is 11.6 Å². The Morgan fingerprint density at radius 2 is 1.95 bits per heavy atom. The molecule has 0 saturated carbocycles. The summed E-state index contributed by atoms with van der Waals surface area (Å²) < 4.78 is 61.6. The molecule has 0 fully saturated rings. The number of aromatic nitrogens is 2. The lowest BCUT2D eigenvalue weighted by atomic mass is 10.2. The quantitative estimate of drug-likeness (QED) is 0.508. The van der Waals surface area contributed by atoms with Gasteiger partial charge in [-0.2, -0.15) is 27.1 Å². The summed E-state index contributed by atoms with van der Waals surface area (Å²) in [6, 6.07) is 4.72. The minimum atomic E-state index is -5.60. The molecule has 1 heterocycles. The molecule has 0 amide bonds. The van der Waals surface area contributed by atoms with Gasteiger partial charge < -0.3 is 5.73 Å². The van der Waals surface area contributed by atoms with Gasteiger partial charge in [0.2, 0.25) is 0 Å². The Hall–Kier alpha value is -1.90. The van der Waals surface area contributed by atoms with E-state index < -0.39 is 25.1 Å². The molecule has 0 aliphatic heterocycles. The van der Waals surface area contributed by atoms with Crippen LogP contribution in [0, 0.1) is 0 Å². The molecule has 0 aliphatic rings. The van der Waals surface area contributed by atoms with E-state index in [9.17, 15) is 22.0 Å². The Bertz CT molecular complexity index is 707. The molecule has 2 aromatic rings. The van der Waals surface area contributed by atoms with Gasteiger partial charge in [0.25, 0.3) is 0 Å². The van der Waals surface area contributed by atoms with Gasteiger partial charge in [-0.3, -0.25) is 10.1 Å². The number of nitrogens with two attached hydrogens (primary N) is 1. The van der Waals surface area contributed by atoms with E-state index in [-0.39, 0.29) is 11.5 Å². The second-order valence-electron chi connectivity index (χ2n) is 4.48. The van der Waals surface area contributed by atoms with Crippen molar-refractivity contribution in [1.82, 2.24) is 10.2 Å². The van der Waals surface area contributed by atoms with Gasteiger partial charge in [0.1, 0.15) is 11.5 Å². The molecular weight excluding hydrogens is 331 g/mol. The predicted molar refractivity (Wildman–Crippen MR) is 72.3 cm³/mol. The van der Waals surface area contributed by atoms with Crippen LogP contribution < -0.4 is 5.73 Å². The molecule has 0 spiro atoms. The smallest absolute Gasteiger partial charge is 0.382 e. The monoisotopic (exact) mass is 340 g/mol. The van der Waals surface area contributed by atoms with Crippen LogP contribution in [0.3, 0.4) is 0 Å². The van der Waals surface area contributed by atoms with Gasteiger partial charge in [-0.05, 0) is 18.2 Å². The normalized spacial score (nSPS) is 13.8. The molecule has 3 N–H and O–H groups in total. The second kappa shape index (κ2) is 5.71. The summed E-state index contributed by atoms with van der Waals surface area (Å²) in [5.41, 5.74) is 6.30. The fourth-order valence-electron chi connectivity index (χ4n) is 1.72. The first-order valence-electron chi connectivity index (χ1n) is 6.00. The van der Waals surface area contributed by atoms with E-state index in [0.29, 0.717) is 15.9 Å². The van der Waals surface area contributed by atoms with E-state index in [0.717, 1.165) is 0 Å². The molecule has 0 unspecified atom stereocenters. The average Bonchev–Trinajstić information content (AvgIpc) is 2.79. The van der Waals surface area contributed by atoms with E-state index in [1.54, 1.807) is 18.2 Å². The molecule has 0 radical (unpaired) electrons. The maximum absolute atomic E-state index is 12.7. The highest BCUT2D eigenvalue weighted by Crippen LogP contribution is 2.37. The summed E-state index contributed by atoms with van der Waals surface area (Å²) >= 11 is 5.78. The number of H-pyrrole nitrogens is 1. The van der Waals surface area contributed by atoms with Gasteiger partial charge in [0.15, 0.2) is 0 Å². The second-order valence-corrected chi connectivity index (χ2v) is 4.92. The Morgan fingerprint density at radius 3 is 2.59 bits per heavy atom. The zero-order valence-corrected chi connectivity index (χ0v) is 11.6. The van der Waals surface area contributed by atoms with Gasteiger partial charge >= 0.3 is 12.1 Å². The van der Waals surface area contributed by atoms with Crippen LogP contribution in [0.2, 0.25) is 5.02 Å².